The van der Waals surface area contributed by atoms with Crippen LogP contribution in [0.1, 0.15) is 35.7 Å². The van der Waals surface area contributed by atoms with E-state index in [1.807, 2.05) is 11.3 Å². The smallest absolute Gasteiger partial charge is 0.147 e. The van der Waals surface area contributed by atoms with E-state index in [0.29, 0.717) is 12.5 Å². The Bertz CT molecular complexity index is 510. The van der Waals surface area contributed by atoms with Crippen molar-refractivity contribution in [1.29, 1.82) is 0 Å². The molecule has 1 aromatic rings. The standard InChI is InChI=1S/C12H18INO2S2/c1-18(15,16)7-3-6-14-10-4-2-5-11-9(10)8-12(13)17-11/h8,10,14H,2-7H2,1H3. The van der Waals surface area contributed by atoms with Gasteiger partial charge in [-0.1, -0.05) is 0 Å². The van der Waals surface area contributed by atoms with E-state index < -0.39 is 9.84 Å². The summed E-state index contributed by atoms with van der Waals surface area (Å²) in [5.41, 5.74) is 1.44. The maximum atomic E-state index is 11.1. The van der Waals surface area contributed by atoms with E-state index >= 15 is 0 Å². The molecule has 102 valence electrons. The number of aryl methyl sites for hydroxylation is 1. The Kier molecular flexibility index (Phi) is 5.07. The summed E-state index contributed by atoms with van der Waals surface area (Å²) < 4.78 is 23.5. The van der Waals surface area contributed by atoms with E-state index in [-0.39, 0.29) is 5.75 Å². The van der Waals surface area contributed by atoms with Crippen LogP contribution in [0.3, 0.4) is 0 Å². The van der Waals surface area contributed by atoms with Crippen molar-refractivity contribution >= 4 is 43.8 Å². The van der Waals surface area contributed by atoms with Gasteiger partial charge in [-0.15, -0.1) is 11.3 Å². The number of thiophene rings is 1. The average Bonchev–Trinajstić information content (AvgIpc) is 2.64. The summed E-state index contributed by atoms with van der Waals surface area (Å²) in [4.78, 5) is 1.51. The fourth-order valence-corrected chi connectivity index (χ4v) is 5.13. The predicted molar refractivity (Wildman–Crippen MR) is 85.0 cm³/mol. The van der Waals surface area contributed by atoms with Crippen LogP contribution in [0.5, 0.6) is 0 Å². The van der Waals surface area contributed by atoms with Gasteiger partial charge in [-0.05, 0) is 66.4 Å². The van der Waals surface area contributed by atoms with Crippen molar-refractivity contribution < 1.29 is 8.42 Å². The lowest BCUT2D eigenvalue weighted by Gasteiger charge is -2.23. The second-order valence-corrected chi connectivity index (χ2v) is 10.1. The second-order valence-electron chi connectivity index (χ2n) is 4.81. The molecule has 0 spiro atoms. The number of hydrogen-bond acceptors (Lipinski definition) is 4. The molecular formula is C12H18INO2S2. The Morgan fingerprint density at radius 3 is 3.06 bits per heavy atom. The highest BCUT2D eigenvalue weighted by molar-refractivity contribution is 14.1. The average molecular weight is 399 g/mol. The van der Waals surface area contributed by atoms with Gasteiger partial charge < -0.3 is 5.32 Å². The van der Waals surface area contributed by atoms with Gasteiger partial charge in [0.2, 0.25) is 0 Å². The van der Waals surface area contributed by atoms with E-state index in [2.05, 4.69) is 34.0 Å². The molecule has 1 aromatic heterocycles. The molecule has 1 N–H and O–H groups in total. The van der Waals surface area contributed by atoms with Crippen molar-refractivity contribution in [3.63, 3.8) is 0 Å². The Hall–Kier alpha value is 0.340. The Morgan fingerprint density at radius 2 is 2.33 bits per heavy atom. The van der Waals surface area contributed by atoms with E-state index in [1.165, 1.54) is 38.8 Å². The highest BCUT2D eigenvalue weighted by atomic mass is 127. The molecular weight excluding hydrogens is 381 g/mol. The topological polar surface area (TPSA) is 46.2 Å². The summed E-state index contributed by atoms with van der Waals surface area (Å²) in [5.74, 6) is 0.279. The number of nitrogens with one attached hydrogen (secondary N) is 1. The molecule has 0 aliphatic heterocycles. The van der Waals surface area contributed by atoms with Crippen LogP contribution in [-0.2, 0) is 16.3 Å². The van der Waals surface area contributed by atoms with Crippen LogP contribution in [0.25, 0.3) is 0 Å². The summed E-state index contributed by atoms with van der Waals surface area (Å²) in [7, 11) is -2.82. The maximum Gasteiger partial charge on any atom is 0.147 e. The zero-order chi connectivity index (χ0) is 13.2. The fourth-order valence-electron chi connectivity index (χ4n) is 2.34. The highest BCUT2D eigenvalue weighted by Crippen LogP contribution is 2.36. The second kappa shape index (κ2) is 6.19. The van der Waals surface area contributed by atoms with Gasteiger partial charge in [-0.3, -0.25) is 0 Å². The first-order chi connectivity index (χ1) is 8.46. The number of rotatable bonds is 5. The third kappa shape index (κ3) is 4.18. The number of halogens is 1. The van der Waals surface area contributed by atoms with Gasteiger partial charge in [-0.2, -0.15) is 0 Å². The molecule has 0 amide bonds. The zero-order valence-corrected chi connectivity index (χ0v) is 14.2. The van der Waals surface area contributed by atoms with Crippen LogP contribution in [0.15, 0.2) is 6.07 Å². The molecule has 0 saturated heterocycles. The van der Waals surface area contributed by atoms with Gasteiger partial charge in [-0.25, -0.2) is 8.42 Å². The number of fused-ring (bicyclic) bond motifs is 1. The third-order valence-corrected chi connectivity index (χ3v) is 6.17. The monoisotopic (exact) mass is 399 g/mol. The molecule has 18 heavy (non-hydrogen) atoms. The molecule has 1 aliphatic rings. The molecule has 0 fully saturated rings. The first-order valence-electron chi connectivity index (χ1n) is 6.15. The molecule has 3 nitrogen and oxygen atoms in total. The number of hydrogen-bond donors (Lipinski definition) is 1. The van der Waals surface area contributed by atoms with Gasteiger partial charge in [0.15, 0.2) is 0 Å². The third-order valence-electron chi connectivity index (χ3n) is 3.17. The minimum absolute atomic E-state index is 0.279. The zero-order valence-electron chi connectivity index (χ0n) is 10.4. The molecule has 1 aliphatic carbocycles. The molecule has 0 aromatic carbocycles. The van der Waals surface area contributed by atoms with Crippen LogP contribution in [-0.4, -0.2) is 27.0 Å². The summed E-state index contributed by atoms with van der Waals surface area (Å²) in [6, 6.07) is 2.70. The van der Waals surface area contributed by atoms with Crippen LogP contribution < -0.4 is 5.32 Å². The first kappa shape index (κ1) is 14.7. The molecule has 1 unspecified atom stereocenters. The van der Waals surface area contributed by atoms with Crippen LogP contribution in [0.2, 0.25) is 0 Å². The largest absolute Gasteiger partial charge is 0.310 e. The van der Waals surface area contributed by atoms with Gasteiger partial charge in [0.1, 0.15) is 9.84 Å². The van der Waals surface area contributed by atoms with E-state index in [0.717, 1.165) is 6.54 Å². The van der Waals surface area contributed by atoms with Crippen LogP contribution >= 0.6 is 33.9 Å². The lowest BCUT2D eigenvalue weighted by molar-refractivity contribution is 0.464. The minimum atomic E-state index is -2.82. The molecule has 6 heteroatoms. The normalized spacial score (nSPS) is 19.8. The predicted octanol–water partition coefficient (Wildman–Crippen LogP) is 2.75. The Balaban J connectivity index is 1.87. The van der Waals surface area contributed by atoms with Crippen LogP contribution in [0.4, 0.5) is 0 Å². The quantitative estimate of drug-likeness (QED) is 0.612. The van der Waals surface area contributed by atoms with Crippen LogP contribution in [0, 0.1) is 2.88 Å². The molecule has 0 saturated carbocycles. The molecule has 1 heterocycles. The summed E-state index contributed by atoms with van der Waals surface area (Å²) in [6.07, 6.45) is 5.59. The fraction of sp³-hybridized carbons (Fsp3) is 0.667. The van der Waals surface area contributed by atoms with Gasteiger partial charge in [0, 0.05) is 17.2 Å². The van der Waals surface area contributed by atoms with Crippen molar-refractivity contribution in [2.24, 2.45) is 0 Å². The first-order valence-corrected chi connectivity index (χ1v) is 10.1. The molecule has 2 rings (SSSR count). The van der Waals surface area contributed by atoms with E-state index in [1.54, 1.807) is 0 Å². The maximum absolute atomic E-state index is 11.1. The van der Waals surface area contributed by atoms with Gasteiger partial charge in [0.05, 0.1) is 8.64 Å². The SMILES string of the molecule is CS(=O)(=O)CCCNC1CCCc2sc(I)cc21. The highest BCUT2D eigenvalue weighted by Gasteiger charge is 2.21. The summed E-state index contributed by atoms with van der Waals surface area (Å²) in [5, 5.41) is 3.50. The van der Waals surface area contributed by atoms with Crippen molar-refractivity contribution in [1.82, 2.24) is 5.32 Å². The van der Waals surface area contributed by atoms with E-state index in [9.17, 15) is 8.42 Å². The molecule has 0 bridgehead atoms. The Labute approximate surface area is 126 Å². The van der Waals surface area contributed by atoms with Gasteiger partial charge >= 0.3 is 0 Å². The van der Waals surface area contributed by atoms with Crippen molar-refractivity contribution in [3.8, 4) is 0 Å². The lowest BCUT2D eigenvalue weighted by Crippen LogP contribution is -2.26. The number of sulfone groups is 1. The van der Waals surface area contributed by atoms with Crippen molar-refractivity contribution in [2.75, 3.05) is 18.6 Å². The summed E-state index contributed by atoms with van der Waals surface area (Å²) in [6.45, 7) is 0.781. The van der Waals surface area contributed by atoms with E-state index in [4.69, 9.17) is 0 Å². The Morgan fingerprint density at radius 1 is 1.56 bits per heavy atom. The van der Waals surface area contributed by atoms with Crippen molar-refractivity contribution in [2.45, 2.75) is 31.7 Å². The minimum Gasteiger partial charge on any atom is -0.310 e. The molecule has 0 radical (unpaired) electrons. The van der Waals surface area contributed by atoms with Crippen molar-refractivity contribution in [3.05, 3.63) is 19.4 Å². The van der Waals surface area contributed by atoms with Gasteiger partial charge in [0.25, 0.3) is 0 Å². The lowest BCUT2D eigenvalue weighted by atomic mass is 9.94. The summed E-state index contributed by atoms with van der Waals surface area (Å²) >= 11 is 4.27. The molecule has 1 atom stereocenters.